The highest BCUT2D eigenvalue weighted by Crippen LogP contribution is 2.26. The Kier molecular flexibility index (Phi) is 4.05. The number of anilines is 1. The lowest BCUT2D eigenvalue weighted by Gasteiger charge is -2.05. The van der Waals surface area contributed by atoms with Gasteiger partial charge >= 0.3 is 0 Å². The largest absolute Gasteiger partial charge is 0.439 e. The number of hydrogen-bond acceptors (Lipinski definition) is 5. The van der Waals surface area contributed by atoms with Crippen molar-refractivity contribution >= 4 is 11.4 Å². The Balaban J connectivity index is 1.75. The molecule has 0 spiro atoms. The number of nitrogens with one attached hydrogen (secondary N) is 1. The van der Waals surface area contributed by atoms with E-state index in [1.165, 1.54) is 6.07 Å². The first kappa shape index (κ1) is 14.8. The molecule has 2 aromatic carbocycles. The third-order valence-corrected chi connectivity index (χ3v) is 3.39. The zero-order chi connectivity index (χ0) is 16.2. The van der Waals surface area contributed by atoms with Crippen LogP contribution in [0, 0.1) is 17.0 Å². The van der Waals surface area contributed by atoms with E-state index in [9.17, 15) is 10.1 Å². The quantitative estimate of drug-likeness (QED) is 0.565. The Morgan fingerprint density at radius 1 is 1.22 bits per heavy atom. The number of nitro benzene ring substituents is 1. The van der Waals surface area contributed by atoms with E-state index in [2.05, 4.69) is 10.3 Å². The molecule has 0 aliphatic heterocycles. The molecule has 0 saturated carbocycles. The first-order chi connectivity index (χ1) is 11.1. The maximum Gasteiger partial charge on any atom is 0.292 e. The summed E-state index contributed by atoms with van der Waals surface area (Å²) in [5, 5.41) is 14.1. The lowest BCUT2D eigenvalue weighted by atomic mass is 10.2. The van der Waals surface area contributed by atoms with Gasteiger partial charge in [-0.3, -0.25) is 10.1 Å². The predicted octanol–water partition coefficient (Wildman–Crippen LogP) is 4.17. The Morgan fingerprint density at radius 2 is 2.00 bits per heavy atom. The molecule has 0 radical (unpaired) electrons. The number of aromatic nitrogens is 1. The highest BCUT2D eigenvalue weighted by atomic mass is 16.6. The van der Waals surface area contributed by atoms with Crippen molar-refractivity contribution in [2.24, 2.45) is 0 Å². The Morgan fingerprint density at radius 3 is 2.74 bits per heavy atom. The van der Waals surface area contributed by atoms with Gasteiger partial charge in [0.25, 0.3) is 5.69 Å². The third kappa shape index (κ3) is 3.37. The monoisotopic (exact) mass is 309 g/mol. The molecule has 23 heavy (non-hydrogen) atoms. The average Bonchev–Trinajstić information content (AvgIpc) is 3.03. The van der Waals surface area contributed by atoms with E-state index in [1.54, 1.807) is 12.3 Å². The fourth-order valence-electron chi connectivity index (χ4n) is 2.24. The van der Waals surface area contributed by atoms with Crippen LogP contribution in [0.2, 0.25) is 0 Å². The number of aryl methyl sites for hydroxylation is 1. The SMILES string of the molecule is Cc1ccc(NCc2ncc(-c3ccccc3)o2)c([N+](=O)[O-])c1. The number of oxazole rings is 1. The van der Waals surface area contributed by atoms with E-state index in [0.717, 1.165) is 11.1 Å². The number of nitro groups is 1. The van der Waals surface area contributed by atoms with Crippen molar-refractivity contribution in [2.45, 2.75) is 13.5 Å². The molecular weight excluding hydrogens is 294 g/mol. The summed E-state index contributed by atoms with van der Waals surface area (Å²) in [4.78, 5) is 14.9. The van der Waals surface area contributed by atoms with Gasteiger partial charge in [0.05, 0.1) is 17.7 Å². The Hall–Kier alpha value is -3.15. The summed E-state index contributed by atoms with van der Waals surface area (Å²) in [5.41, 5.74) is 2.26. The Bertz CT molecular complexity index is 828. The van der Waals surface area contributed by atoms with Crippen LogP contribution < -0.4 is 5.32 Å². The molecule has 0 aliphatic carbocycles. The minimum atomic E-state index is -0.402. The molecule has 6 heteroatoms. The molecule has 3 aromatic rings. The van der Waals surface area contributed by atoms with Gasteiger partial charge in [-0.15, -0.1) is 0 Å². The number of nitrogens with zero attached hydrogens (tertiary/aromatic N) is 2. The van der Waals surface area contributed by atoms with Gasteiger partial charge in [0.15, 0.2) is 5.76 Å². The van der Waals surface area contributed by atoms with Gasteiger partial charge in [-0.05, 0) is 18.6 Å². The first-order valence-corrected chi connectivity index (χ1v) is 7.12. The molecule has 0 bridgehead atoms. The summed E-state index contributed by atoms with van der Waals surface area (Å²) in [6.45, 7) is 2.09. The summed E-state index contributed by atoms with van der Waals surface area (Å²) >= 11 is 0. The summed E-state index contributed by atoms with van der Waals surface area (Å²) < 4.78 is 5.67. The van der Waals surface area contributed by atoms with E-state index in [1.807, 2.05) is 43.3 Å². The van der Waals surface area contributed by atoms with Gasteiger partial charge in [-0.1, -0.05) is 36.4 Å². The van der Waals surface area contributed by atoms with Gasteiger partial charge < -0.3 is 9.73 Å². The summed E-state index contributed by atoms with van der Waals surface area (Å²) in [6, 6.07) is 14.7. The second kappa shape index (κ2) is 6.31. The van der Waals surface area contributed by atoms with E-state index in [4.69, 9.17) is 4.42 Å². The van der Waals surface area contributed by atoms with Crippen LogP contribution in [-0.4, -0.2) is 9.91 Å². The molecule has 0 saturated heterocycles. The zero-order valence-corrected chi connectivity index (χ0v) is 12.5. The highest BCUT2D eigenvalue weighted by Gasteiger charge is 2.14. The van der Waals surface area contributed by atoms with E-state index < -0.39 is 4.92 Å². The van der Waals surface area contributed by atoms with Crippen molar-refractivity contribution in [1.82, 2.24) is 4.98 Å². The van der Waals surface area contributed by atoms with Crippen molar-refractivity contribution in [1.29, 1.82) is 0 Å². The number of rotatable bonds is 5. The van der Waals surface area contributed by atoms with Crippen molar-refractivity contribution in [3.8, 4) is 11.3 Å². The molecule has 1 aromatic heterocycles. The minimum absolute atomic E-state index is 0.0415. The van der Waals surface area contributed by atoms with Crippen LogP contribution in [0.1, 0.15) is 11.5 Å². The van der Waals surface area contributed by atoms with Gasteiger partial charge in [-0.2, -0.15) is 0 Å². The van der Waals surface area contributed by atoms with Crippen molar-refractivity contribution in [3.05, 3.63) is 76.3 Å². The van der Waals surface area contributed by atoms with E-state index >= 15 is 0 Å². The van der Waals surface area contributed by atoms with Gasteiger partial charge in [0.1, 0.15) is 5.69 Å². The topological polar surface area (TPSA) is 81.2 Å². The molecule has 1 heterocycles. The number of benzene rings is 2. The smallest absolute Gasteiger partial charge is 0.292 e. The first-order valence-electron chi connectivity index (χ1n) is 7.12. The molecule has 116 valence electrons. The summed E-state index contributed by atoms with van der Waals surface area (Å²) in [7, 11) is 0. The standard InChI is InChI=1S/C17H15N3O3/c1-12-7-8-14(15(9-12)20(21)22)18-11-17-19-10-16(23-17)13-5-3-2-4-6-13/h2-10,18H,11H2,1H3. The molecular formula is C17H15N3O3. The minimum Gasteiger partial charge on any atom is -0.439 e. The summed E-state index contributed by atoms with van der Waals surface area (Å²) in [6.07, 6.45) is 1.65. The van der Waals surface area contributed by atoms with E-state index in [-0.39, 0.29) is 12.2 Å². The lowest BCUT2D eigenvalue weighted by molar-refractivity contribution is -0.384. The second-order valence-electron chi connectivity index (χ2n) is 5.12. The van der Waals surface area contributed by atoms with Crippen LogP contribution >= 0.6 is 0 Å². The molecule has 3 rings (SSSR count). The van der Waals surface area contributed by atoms with Crippen LogP contribution in [-0.2, 0) is 6.54 Å². The fraction of sp³-hybridized carbons (Fsp3) is 0.118. The molecule has 0 unspecified atom stereocenters. The molecule has 0 atom stereocenters. The highest BCUT2D eigenvalue weighted by molar-refractivity contribution is 5.62. The van der Waals surface area contributed by atoms with Crippen LogP contribution in [0.25, 0.3) is 11.3 Å². The van der Waals surface area contributed by atoms with Gasteiger partial charge in [-0.25, -0.2) is 4.98 Å². The maximum absolute atomic E-state index is 11.1. The predicted molar refractivity (Wildman–Crippen MR) is 87.1 cm³/mol. The lowest BCUT2D eigenvalue weighted by Crippen LogP contribution is -2.03. The van der Waals surface area contributed by atoms with Crippen molar-refractivity contribution in [2.75, 3.05) is 5.32 Å². The number of hydrogen-bond donors (Lipinski definition) is 1. The fourth-order valence-corrected chi connectivity index (χ4v) is 2.24. The van der Waals surface area contributed by atoms with Crippen molar-refractivity contribution < 1.29 is 9.34 Å². The molecule has 6 nitrogen and oxygen atoms in total. The average molecular weight is 309 g/mol. The van der Waals surface area contributed by atoms with Crippen LogP contribution in [0.4, 0.5) is 11.4 Å². The van der Waals surface area contributed by atoms with Crippen LogP contribution in [0.3, 0.4) is 0 Å². The Labute approximate surface area is 132 Å². The molecule has 0 amide bonds. The van der Waals surface area contributed by atoms with Crippen LogP contribution in [0.5, 0.6) is 0 Å². The maximum atomic E-state index is 11.1. The second-order valence-corrected chi connectivity index (χ2v) is 5.12. The molecule has 1 N–H and O–H groups in total. The van der Waals surface area contributed by atoms with Gasteiger partial charge in [0, 0.05) is 11.6 Å². The normalized spacial score (nSPS) is 10.5. The summed E-state index contributed by atoms with van der Waals surface area (Å²) in [5.74, 6) is 1.14. The van der Waals surface area contributed by atoms with Crippen LogP contribution in [0.15, 0.2) is 59.1 Å². The third-order valence-electron chi connectivity index (χ3n) is 3.39. The zero-order valence-electron chi connectivity index (χ0n) is 12.5. The van der Waals surface area contributed by atoms with E-state index in [0.29, 0.717) is 17.3 Å². The molecule has 0 fully saturated rings. The van der Waals surface area contributed by atoms with Crippen molar-refractivity contribution in [3.63, 3.8) is 0 Å². The molecule has 0 aliphatic rings. The van der Waals surface area contributed by atoms with Gasteiger partial charge in [0.2, 0.25) is 5.89 Å².